The van der Waals surface area contributed by atoms with Crippen molar-refractivity contribution in [2.45, 2.75) is 33.6 Å². The maximum atomic E-state index is 12.4. The highest BCUT2D eigenvalue weighted by molar-refractivity contribution is 9.10. The number of hydrogen-bond acceptors (Lipinski definition) is 6. The molecular weight excluding hydrogens is 444 g/mol. The van der Waals surface area contributed by atoms with Gasteiger partial charge < -0.3 is 14.8 Å². The summed E-state index contributed by atoms with van der Waals surface area (Å²) in [5, 5.41) is 12.4. The zero-order valence-electron chi connectivity index (χ0n) is 16.1. The molecule has 1 aromatic carbocycles. The molecule has 1 heterocycles. The average molecular weight is 465 g/mol. The van der Waals surface area contributed by atoms with E-state index >= 15 is 0 Å². The number of ether oxygens (including phenoxy) is 2. The maximum absolute atomic E-state index is 12.4. The lowest BCUT2D eigenvalue weighted by Crippen LogP contribution is -2.20. The van der Waals surface area contributed by atoms with E-state index in [1.165, 1.54) is 0 Å². The number of nitrogens with zero attached hydrogens (tertiary/aromatic N) is 1. The van der Waals surface area contributed by atoms with E-state index in [2.05, 4.69) is 21.2 Å². The van der Waals surface area contributed by atoms with Gasteiger partial charge in [-0.15, -0.1) is 11.3 Å². The molecule has 0 unspecified atom stereocenters. The molecular formula is C20H21BrN2O4S. The van der Waals surface area contributed by atoms with Crippen molar-refractivity contribution < 1.29 is 19.1 Å². The molecule has 0 radical (unpaired) electrons. The molecule has 8 heteroatoms. The monoisotopic (exact) mass is 464 g/mol. The minimum Gasteiger partial charge on any atom is -0.483 e. The van der Waals surface area contributed by atoms with Crippen molar-refractivity contribution in [3.05, 3.63) is 44.2 Å². The highest BCUT2D eigenvalue weighted by Crippen LogP contribution is 2.33. The number of rotatable bonds is 7. The number of carbonyl (C=O) groups is 2. The van der Waals surface area contributed by atoms with Gasteiger partial charge in [-0.25, -0.2) is 4.79 Å². The fourth-order valence-corrected chi connectivity index (χ4v) is 3.98. The number of nitriles is 1. The standard InChI is InChI=1S/C20H21BrN2O4S/c1-5-26-20(25)18-12(4)15(9-22)19(28-18)23-17(24)10-27-16-7-6-13(21)8-14(16)11(2)3/h6-8,11H,5,10H2,1-4H3,(H,23,24). The molecule has 148 valence electrons. The van der Waals surface area contributed by atoms with Crippen LogP contribution in [0.1, 0.15) is 53.1 Å². The van der Waals surface area contributed by atoms with E-state index in [9.17, 15) is 14.9 Å². The topological polar surface area (TPSA) is 88.4 Å². The van der Waals surface area contributed by atoms with Gasteiger partial charge >= 0.3 is 5.97 Å². The Balaban J connectivity index is 2.13. The summed E-state index contributed by atoms with van der Waals surface area (Å²) in [5.74, 6) is -0.0586. The molecule has 0 saturated heterocycles. The largest absolute Gasteiger partial charge is 0.483 e. The third-order valence-electron chi connectivity index (χ3n) is 3.92. The van der Waals surface area contributed by atoms with Crippen molar-refractivity contribution in [3.8, 4) is 11.8 Å². The first-order valence-electron chi connectivity index (χ1n) is 8.71. The van der Waals surface area contributed by atoms with Crippen LogP contribution in [0.15, 0.2) is 22.7 Å². The summed E-state index contributed by atoms with van der Waals surface area (Å²) in [5.41, 5.74) is 1.74. The predicted octanol–water partition coefficient (Wildman–Crippen LogP) is 5.01. The van der Waals surface area contributed by atoms with E-state index in [0.29, 0.717) is 21.2 Å². The van der Waals surface area contributed by atoms with Crippen LogP contribution in [0.5, 0.6) is 5.75 Å². The van der Waals surface area contributed by atoms with Crippen LogP contribution in [-0.2, 0) is 9.53 Å². The average Bonchev–Trinajstić information content (AvgIpc) is 2.96. The summed E-state index contributed by atoms with van der Waals surface area (Å²) in [4.78, 5) is 24.7. The number of hydrogen-bond donors (Lipinski definition) is 1. The second-order valence-electron chi connectivity index (χ2n) is 6.27. The molecule has 0 saturated carbocycles. The minimum atomic E-state index is -0.505. The SMILES string of the molecule is CCOC(=O)c1sc(NC(=O)COc2ccc(Br)cc2C(C)C)c(C#N)c1C. The molecule has 0 atom stereocenters. The number of carbonyl (C=O) groups excluding carboxylic acids is 2. The third kappa shape index (κ3) is 5.12. The van der Waals surface area contributed by atoms with Crippen LogP contribution in [0.2, 0.25) is 0 Å². The molecule has 0 aliphatic carbocycles. The molecule has 0 spiro atoms. The van der Waals surface area contributed by atoms with Gasteiger partial charge in [0.05, 0.1) is 12.2 Å². The second kappa shape index (κ2) is 9.71. The molecule has 1 N–H and O–H groups in total. The Kier molecular flexibility index (Phi) is 7.61. The first-order valence-corrected chi connectivity index (χ1v) is 10.3. The van der Waals surface area contributed by atoms with Crippen LogP contribution in [0.25, 0.3) is 0 Å². The van der Waals surface area contributed by atoms with Gasteiger partial charge in [0.1, 0.15) is 21.7 Å². The molecule has 0 fully saturated rings. The molecule has 1 amide bonds. The third-order valence-corrected chi connectivity index (χ3v) is 5.61. The Hall–Kier alpha value is -2.37. The van der Waals surface area contributed by atoms with Crippen LogP contribution >= 0.6 is 27.3 Å². The van der Waals surface area contributed by atoms with Crippen molar-refractivity contribution in [1.29, 1.82) is 5.26 Å². The number of halogens is 1. The minimum absolute atomic E-state index is 0.210. The van der Waals surface area contributed by atoms with E-state index in [4.69, 9.17) is 9.47 Å². The summed E-state index contributed by atoms with van der Waals surface area (Å²) in [6.45, 7) is 7.47. The Bertz CT molecular complexity index is 931. The van der Waals surface area contributed by atoms with Crippen molar-refractivity contribution in [3.63, 3.8) is 0 Å². The van der Waals surface area contributed by atoms with E-state index < -0.39 is 11.9 Å². The van der Waals surface area contributed by atoms with Crippen molar-refractivity contribution in [2.75, 3.05) is 18.5 Å². The van der Waals surface area contributed by atoms with Gasteiger partial charge in [-0.3, -0.25) is 4.79 Å². The van der Waals surface area contributed by atoms with E-state index in [0.717, 1.165) is 21.4 Å². The second-order valence-corrected chi connectivity index (χ2v) is 8.20. The molecule has 2 rings (SSSR count). The van der Waals surface area contributed by atoms with Gasteiger partial charge in [-0.2, -0.15) is 5.26 Å². The molecule has 2 aromatic rings. The van der Waals surface area contributed by atoms with Crippen molar-refractivity contribution in [2.24, 2.45) is 0 Å². The highest BCUT2D eigenvalue weighted by atomic mass is 79.9. The molecule has 1 aromatic heterocycles. The number of nitrogens with one attached hydrogen (secondary N) is 1. The summed E-state index contributed by atoms with van der Waals surface area (Å²) >= 11 is 4.46. The van der Waals surface area contributed by atoms with Crippen LogP contribution in [-0.4, -0.2) is 25.1 Å². The molecule has 0 aliphatic rings. The van der Waals surface area contributed by atoms with Crippen LogP contribution in [0.3, 0.4) is 0 Å². The first-order chi connectivity index (χ1) is 13.3. The van der Waals surface area contributed by atoms with Gasteiger partial charge in [0.15, 0.2) is 6.61 Å². The fraction of sp³-hybridized carbons (Fsp3) is 0.350. The zero-order valence-corrected chi connectivity index (χ0v) is 18.5. The molecule has 6 nitrogen and oxygen atoms in total. The summed E-state index contributed by atoms with van der Waals surface area (Å²) in [7, 11) is 0. The lowest BCUT2D eigenvalue weighted by molar-refractivity contribution is -0.118. The number of amides is 1. The fourth-order valence-electron chi connectivity index (χ4n) is 2.54. The summed E-state index contributed by atoms with van der Waals surface area (Å²) in [6, 6.07) is 7.65. The number of esters is 1. The molecule has 0 bridgehead atoms. The normalized spacial score (nSPS) is 10.5. The van der Waals surface area contributed by atoms with Crippen LogP contribution in [0, 0.1) is 18.3 Å². The number of thiophene rings is 1. The van der Waals surface area contributed by atoms with E-state index in [-0.39, 0.29) is 24.7 Å². The lowest BCUT2D eigenvalue weighted by Gasteiger charge is -2.14. The van der Waals surface area contributed by atoms with Gasteiger partial charge in [-0.05, 0) is 49.1 Å². The van der Waals surface area contributed by atoms with Gasteiger partial charge in [0.2, 0.25) is 0 Å². The predicted molar refractivity (Wildman–Crippen MR) is 112 cm³/mol. The molecule has 28 heavy (non-hydrogen) atoms. The Morgan fingerprint density at radius 2 is 2.07 bits per heavy atom. The summed E-state index contributed by atoms with van der Waals surface area (Å²) in [6.07, 6.45) is 0. The quantitative estimate of drug-likeness (QED) is 0.581. The van der Waals surface area contributed by atoms with Gasteiger partial charge in [-0.1, -0.05) is 29.8 Å². The van der Waals surface area contributed by atoms with E-state index in [1.54, 1.807) is 13.8 Å². The number of anilines is 1. The Labute approximate surface area is 176 Å². The Morgan fingerprint density at radius 3 is 2.68 bits per heavy atom. The lowest BCUT2D eigenvalue weighted by atomic mass is 10.0. The van der Waals surface area contributed by atoms with Crippen molar-refractivity contribution in [1.82, 2.24) is 0 Å². The van der Waals surface area contributed by atoms with Crippen LogP contribution < -0.4 is 10.1 Å². The Morgan fingerprint density at radius 1 is 1.36 bits per heavy atom. The number of benzene rings is 1. The zero-order chi connectivity index (χ0) is 20.8. The van der Waals surface area contributed by atoms with Gasteiger partial charge in [0.25, 0.3) is 5.91 Å². The smallest absolute Gasteiger partial charge is 0.348 e. The first kappa shape index (κ1) is 21.9. The maximum Gasteiger partial charge on any atom is 0.348 e. The van der Waals surface area contributed by atoms with Crippen molar-refractivity contribution >= 4 is 44.1 Å². The van der Waals surface area contributed by atoms with Crippen LogP contribution in [0.4, 0.5) is 5.00 Å². The highest BCUT2D eigenvalue weighted by Gasteiger charge is 2.22. The van der Waals surface area contributed by atoms with E-state index in [1.807, 2.05) is 38.1 Å². The molecule has 0 aliphatic heterocycles. The summed E-state index contributed by atoms with van der Waals surface area (Å²) < 4.78 is 11.6. The van der Waals surface area contributed by atoms with Gasteiger partial charge in [0, 0.05) is 4.47 Å².